The van der Waals surface area contributed by atoms with Crippen molar-refractivity contribution < 1.29 is 13.6 Å². The lowest BCUT2D eigenvalue weighted by Crippen LogP contribution is -2.06. The van der Waals surface area contributed by atoms with Crippen LogP contribution in [0.4, 0.5) is 8.78 Å². The molecule has 5 heteroatoms. The van der Waals surface area contributed by atoms with Gasteiger partial charge in [0.15, 0.2) is 11.3 Å². The SMILES string of the molecule is CC(F)(F)c1nc(C=O)cs1. The Morgan fingerprint density at radius 2 is 2.36 bits per heavy atom. The van der Waals surface area contributed by atoms with Crippen LogP contribution >= 0.6 is 11.3 Å². The Kier molecular flexibility index (Phi) is 1.99. The summed E-state index contributed by atoms with van der Waals surface area (Å²) < 4.78 is 24.9. The standard InChI is InChI=1S/C6H5F2NOS/c1-6(7,8)5-9-4(2-10)3-11-5/h2-3H,1H3. The Bertz CT molecular complexity index is 266. The molecule has 60 valence electrons. The first kappa shape index (κ1) is 8.26. The van der Waals surface area contributed by atoms with Crippen LogP contribution in [0.25, 0.3) is 0 Å². The van der Waals surface area contributed by atoms with Crippen LogP contribution in [-0.2, 0) is 5.92 Å². The number of carbonyl (C=O) groups is 1. The van der Waals surface area contributed by atoms with Gasteiger partial charge >= 0.3 is 0 Å². The summed E-state index contributed by atoms with van der Waals surface area (Å²) in [5.74, 6) is -2.94. The van der Waals surface area contributed by atoms with Crippen LogP contribution in [0.5, 0.6) is 0 Å². The molecule has 0 unspecified atom stereocenters. The summed E-state index contributed by atoms with van der Waals surface area (Å²) in [7, 11) is 0. The molecule has 11 heavy (non-hydrogen) atoms. The molecular formula is C6H5F2NOS. The second-order valence-corrected chi connectivity index (χ2v) is 2.94. The molecule has 0 N–H and O–H groups in total. The van der Waals surface area contributed by atoms with Crippen molar-refractivity contribution in [1.82, 2.24) is 4.98 Å². The van der Waals surface area contributed by atoms with E-state index in [0.29, 0.717) is 6.29 Å². The molecule has 0 spiro atoms. The molecule has 0 amide bonds. The first-order valence-electron chi connectivity index (χ1n) is 2.83. The third-order valence-corrected chi connectivity index (χ3v) is 2.05. The molecule has 0 fully saturated rings. The van der Waals surface area contributed by atoms with Crippen LogP contribution in [0.3, 0.4) is 0 Å². The first-order chi connectivity index (χ1) is 5.04. The zero-order valence-electron chi connectivity index (χ0n) is 5.67. The fourth-order valence-corrected chi connectivity index (χ4v) is 1.25. The van der Waals surface area contributed by atoms with E-state index in [0.717, 1.165) is 18.3 Å². The Labute approximate surface area is 65.9 Å². The quantitative estimate of drug-likeness (QED) is 0.647. The maximum atomic E-state index is 12.4. The predicted octanol–water partition coefficient (Wildman–Crippen LogP) is 2.07. The molecule has 2 nitrogen and oxygen atoms in total. The Morgan fingerprint density at radius 3 is 2.64 bits per heavy atom. The molecule has 0 saturated carbocycles. The van der Waals surface area contributed by atoms with E-state index < -0.39 is 5.92 Å². The van der Waals surface area contributed by atoms with Gasteiger partial charge in [0, 0.05) is 12.3 Å². The molecule has 0 bridgehead atoms. The first-order valence-corrected chi connectivity index (χ1v) is 3.71. The van der Waals surface area contributed by atoms with Gasteiger partial charge in [-0.05, 0) is 0 Å². The van der Waals surface area contributed by atoms with E-state index in [9.17, 15) is 13.6 Å². The maximum absolute atomic E-state index is 12.4. The van der Waals surface area contributed by atoms with Crippen molar-refractivity contribution in [3.63, 3.8) is 0 Å². The summed E-state index contributed by atoms with van der Waals surface area (Å²) in [5.41, 5.74) is 0.0616. The Balaban J connectivity index is 2.98. The van der Waals surface area contributed by atoms with Gasteiger partial charge in [-0.25, -0.2) is 4.98 Å². The molecule has 1 aromatic heterocycles. The number of aldehydes is 1. The van der Waals surface area contributed by atoms with Crippen LogP contribution in [0, 0.1) is 0 Å². The van der Waals surface area contributed by atoms with E-state index in [-0.39, 0.29) is 10.7 Å². The number of thiazole rings is 1. The van der Waals surface area contributed by atoms with Crippen molar-refractivity contribution in [3.05, 3.63) is 16.1 Å². The number of hydrogen-bond acceptors (Lipinski definition) is 3. The predicted molar refractivity (Wildman–Crippen MR) is 37.1 cm³/mol. The van der Waals surface area contributed by atoms with Crippen LogP contribution < -0.4 is 0 Å². The van der Waals surface area contributed by atoms with Crippen molar-refractivity contribution in [1.29, 1.82) is 0 Å². The van der Waals surface area contributed by atoms with Gasteiger partial charge in [-0.2, -0.15) is 8.78 Å². The third-order valence-electron chi connectivity index (χ3n) is 1.02. The number of hydrogen-bond donors (Lipinski definition) is 0. The zero-order chi connectivity index (χ0) is 8.48. The van der Waals surface area contributed by atoms with Crippen LogP contribution in [-0.4, -0.2) is 11.3 Å². The molecule has 0 aromatic carbocycles. The summed E-state index contributed by atoms with van der Waals surface area (Å²) in [6, 6.07) is 0. The highest BCUT2D eigenvalue weighted by molar-refractivity contribution is 7.09. The lowest BCUT2D eigenvalue weighted by Gasteiger charge is -2.03. The number of halogens is 2. The Morgan fingerprint density at radius 1 is 1.73 bits per heavy atom. The molecule has 0 aliphatic rings. The number of rotatable bonds is 2. The van der Waals surface area contributed by atoms with Crippen molar-refractivity contribution in [3.8, 4) is 0 Å². The van der Waals surface area contributed by atoms with Crippen molar-refractivity contribution >= 4 is 17.6 Å². The smallest absolute Gasteiger partial charge is 0.296 e. The summed E-state index contributed by atoms with van der Waals surface area (Å²) in [6.07, 6.45) is 0.450. The van der Waals surface area contributed by atoms with Crippen LogP contribution in [0.1, 0.15) is 22.4 Å². The topological polar surface area (TPSA) is 30.0 Å². The maximum Gasteiger partial charge on any atom is 0.296 e. The van der Waals surface area contributed by atoms with E-state index in [4.69, 9.17) is 0 Å². The molecule has 1 rings (SSSR count). The summed E-state index contributed by atoms with van der Waals surface area (Å²) in [4.78, 5) is 13.4. The highest BCUT2D eigenvalue weighted by Crippen LogP contribution is 2.28. The lowest BCUT2D eigenvalue weighted by molar-refractivity contribution is 0.0172. The van der Waals surface area contributed by atoms with E-state index >= 15 is 0 Å². The van der Waals surface area contributed by atoms with Gasteiger partial charge < -0.3 is 0 Å². The zero-order valence-corrected chi connectivity index (χ0v) is 6.49. The van der Waals surface area contributed by atoms with Gasteiger partial charge in [-0.3, -0.25) is 4.79 Å². The van der Waals surface area contributed by atoms with E-state index in [2.05, 4.69) is 4.98 Å². The van der Waals surface area contributed by atoms with Gasteiger partial charge in [-0.1, -0.05) is 0 Å². The average Bonchev–Trinajstić information content (AvgIpc) is 2.32. The molecule has 1 heterocycles. The lowest BCUT2D eigenvalue weighted by atomic mass is 10.4. The minimum absolute atomic E-state index is 0.0616. The third kappa shape index (κ3) is 1.80. The summed E-state index contributed by atoms with van der Waals surface area (Å²) in [6.45, 7) is 0.750. The summed E-state index contributed by atoms with van der Waals surface area (Å²) in [5, 5.41) is 0.985. The average molecular weight is 177 g/mol. The minimum atomic E-state index is -2.94. The van der Waals surface area contributed by atoms with Gasteiger partial charge in [-0.15, -0.1) is 11.3 Å². The normalized spacial score (nSPS) is 11.5. The number of alkyl halides is 2. The van der Waals surface area contributed by atoms with Gasteiger partial charge in [0.1, 0.15) is 5.69 Å². The molecule has 0 atom stereocenters. The second kappa shape index (κ2) is 2.65. The Hall–Kier alpha value is -0.840. The summed E-state index contributed by atoms with van der Waals surface area (Å²) >= 11 is 0.789. The van der Waals surface area contributed by atoms with Crippen molar-refractivity contribution in [2.75, 3.05) is 0 Å². The highest BCUT2D eigenvalue weighted by atomic mass is 32.1. The van der Waals surface area contributed by atoms with Crippen LogP contribution in [0.15, 0.2) is 5.38 Å². The van der Waals surface area contributed by atoms with E-state index in [1.807, 2.05) is 0 Å². The van der Waals surface area contributed by atoms with Gasteiger partial charge in [0.2, 0.25) is 0 Å². The molecule has 0 saturated heterocycles. The highest BCUT2D eigenvalue weighted by Gasteiger charge is 2.28. The van der Waals surface area contributed by atoms with Crippen LogP contribution in [0.2, 0.25) is 0 Å². The molecule has 1 aromatic rings. The second-order valence-electron chi connectivity index (χ2n) is 2.08. The van der Waals surface area contributed by atoms with E-state index in [1.165, 1.54) is 5.38 Å². The number of nitrogens with zero attached hydrogens (tertiary/aromatic N) is 1. The largest absolute Gasteiger partial charge is 0.296 e. The molecule has 0 radical (unpaired) electrons. The monoisotopic (exact) mass is 177 g/mol. The molecular weight excluding hydrogens is 172 g/mol. The van der Waals surface area contributed by atoms with Crippen molar-refractivity contribution in [2.45, 2.75) is 12.8 Å². The molecule has 0 aliphatic heterocycles. The van der Waals surface area contributed by atoms with E-state index in [1.54, 1.807) is 0 Å². The number of carbonyl (C=O) groups excluding carboxylic acids is 1. The van der Waals surface area contributed by atoms with Crippen molar-refractivity contribution in [2.24, 2.45) is 0 Å². The van der Waals surface area contributed by atoms with Gasteiger partial charge in [0.25, 0.3) is 5.92 Å². The molecule has 0 aliphatic carbocycles. The number of aromatic nitrogens is 1. The fourth-order valence-electron chi connectivity index (χ4n) is 0.542. The van der Waals surface area contributed by atoms with Gasteiger partial charge in [0.05, 0.1) is 0 Å². The minimum Gasteiger partial charge on any atom is -0.296 e. The fraction of sp³-hybridized carbons (Fsp3) is 0.333.